The summed E-state index contributed by atoms with van der Waals surface area (Å²) in [5, 5.41) is 9.00. The molecule has 0 bridgehead atoms. The van der Waals surface area contributed by atoms with E-state index in [-0.39, 0.29) is 0 Å². The van der Waals surface area contributed by atoms with Crippen LogP contribution in [0.1, 0.15) is 43.4 Å². The Hall–Kier alpha value is -3.78. The Morgan fingerprint density at radius 3 is 2.64 bits per heavy atom. The van der Waals surface area contributed by atoms with Crippen molar-refractivity contribution < 1.29 is 0 Å². The van der Waals surface area contributed by atoms with Gasteiger partial charge >= 0.3 is 0 Å². The Balaban J connectivity index is 1.17. The van der Waals surface area contributed by atoms with Crippen LogP contribution >= 0.6 is 0 Å². The van der Waals surface area contributed by atoms with Crippen LogP contribution < -0.4 is 0 Å². The van der Waals surface area contributed by atoms with Gasteiger partial charge in [-0.25, -0.2) is 4.98 Å². The van der Waals surface area contributed by atoms with Gasteiger partial charge in [-0.1, -0.05) is 18.9 Å². The highest BCUT2D eigenvalue weighted by Gasteiger charge is 2.24. The van der Waals surface area contributed by atoms with Crippen molar-refractivity contribution in [1.82, 2.24) is 38.8 Å². The summed E-state index contributed by atoms with van der Waals surface area (Å²) in [6.45, 7) is 2.83. The predicted octanol–water partition coefficient (Wildman–Crippen LogP) is 4.56. The van der Waals surface area contributed by atoms with Crippen LogP contribution in [0.2, 0.25) is 0 Å². The Labute approximate surface area is 209 Å². The summed E-state index contributed by atoms with van der Waals surface area (Å²) in [5.74, 6) is 0. The smallest absolute Gasteiger partial charge is 0.136 e. The van der Waals surface area contributed by atoms with Crippen molar-refractivity contribution in [2.24, 2.45) is 7.05 Å². The van der Waals surface area contributed by atoms with E-state index < -0.39 is 0 Å². The molecule has 0 amide bonds. The molecule has 0 radical (unpaired) electrons. The van der Waals surface area contributed by atoms with E-state index in [0.717, 1.165) is 59.1 Å². The molecule has 36 heavy (non-hydrogen) atoms. The van der Waals surface area contributed by atoms with Crippen molar-refractivity contribution in [3.8, 4) is 11.1 Å². The van der Waals surface area contributed by atoms with Crippen LogP contribution in [0, 0.1) is 0 Å². The molecule has 2 aliphatic rings. The van der Waals surface area contributed by atoms with Crippen LogP contribution in [0.15, 0.2) is 61.5 Å². The van der Waals surface area contributed by atoms with E-state index in [4.69, 9.17) is 4.98 Å². The van der Waals surface area contributed by atoms with Crippen molar-refractivity contribution in [2.75, 3.05) is 13.1 Å². The molecule has 6 heterocycles. The number of rotatable bonds is 5. The minimum Gasteiger partial charge on any atom is -0.302 e. The first-order chi connectivity index (χ1) is 17.7. The lowest BCUT2D eigenvalue weighted by molar-refractivity contribution is 0.219. The van der Waals surface area contributed by atoms with Gasteiger partial charge in [0.25, 0.3) is 0 Å². The normalized spacial score (nSPS) is 17.4. The van der Waals surface area contributed by atoms with E-state index in [2.05, 4.69) is 55.0 Å². The monoisotopic (exact) mass is 478 g/mol. The summed E-state index contributed by atoms with van der Waals surface area (Å²) in [6, 6.07) is 7.19. The summed E-state index contributed by atoms with van der Waals surface area (Å²) in [4.78, 5) is 12.0. The molecule has 1 fully saturated rings. The van der Waals surface area contributed by atoms with Gasteiger partial charge in [0, 0.05) is 55.9 Å². The quantitative estimate of drug-likeness (QED) is 0.370. The van der Waals surface area contributed by atoms with Gasteiger partial charge in [-0.3, -0.25) is 19.2 Å². The molecule has 182 valence electrons. The molecular formula is C28H30N8. The first-order valence-electron chi connectivity index (χ1n) is 12.9. The molecule has 7 rings (SSSR count). The van der Waals surface area contributed by atoms with Crippen molar-refractivity contribution in [2.45, 2.75) is 44.7 Å². The highest BCUT2D eigenvalue weighted by Crippen LogP contribution is 2.30. The number of imidazole rings is 1. The second-order valence-electron chi connectivity index (χ2n) is 10.1. The Bertz CT molecular complexity index is 1580. The summed E-state index contributed by atoms with van der Waals surface area (Å²) >= 11 is 0. The molecule has 8 heteroatoms. The summed E-state index contributed by atoms with van der Waals surface area (Å²) in [6.07, 6.45) is 20.9. The maximum absolute atomic E-state index is 4.75. The number of hydrogen-bond acceptors (Lipinski definition) is 5. The molecule has 1 saturated carbocycles. The molecule has 0 aromatic carbocycles. The van der Waals surface area contributed by atoms with E-state index in [1.807, 2.05) is 47.4 Å². The SMILES string of the molecule is Cn1cc(-c2ccc3ncc(Cn4ncc5ncc(C6=CCN(C7CCCC7)CC6)cc54)n3c2)cn1. The predicted molar refractivity (Wildman–Crippen MR) is 140 cm³/mol. The third-order valence-corrected chi connectivity index (χ3v) is 7.88. The lowest BCUT2D eigenvalue weighted by atomic mass is 9.99. The van der Waals surface area contributed by atoms with Crippen molar-refractivity contribution >= 4 is 22.3 Å². The van der Waals surface area contributed by atoms with Gasteiger partial charge < -0.3 is 4.40 Å². The number of pyridine rings is 2. The van der Waals surface area contributed by atoms with Gasteiger partial charge in [-0.2, -0.15) is 10.2 Å². The first-order valence-corrected chi connectivity index (χ1v) is 12.9. The minimum absolute atomic E-state index is 0.626. The van der Waals surface area contributed by atoms with E-state index >= 15 is 0 Å². The second kappa shape index (κ2) is 8.71. The molecule has 8 nitrogen and oxygen atoms in total. The average Bonchev–Trinajstić information content (AvgIpc) is 3.72. The highest BCUT2D eigenvalue weighted by atomic mass is 15.3. The van der Waals surface area contributed by atoms with Gasteiger partial charge in [0.1, 0.15) is 11.2 Å². The van der Waals surface area contributed by atoms with Crippen LogP contribution in [0.4, 0.5) is 0 Å². The molecule has 0 saturated heterocycles. The maximum atomic E-state index is 4.75. The standard InChI is InChI=1S/C28H30N8/c1-33-17-23(14-31-33)21-6-7-28-30-15-25(35(28)18-21)19-36-27-12-22(13-29-26(27)16-32-36)20-8-10-34(11-9-20)24-4-2-3-5-24/h6-8,12-18,24H,2-5,9-11,19H2,1H3. The first kappa shape index (κ1) is 21.5. The Morgan fingerprint density at radius 2 is 1.83 bits per heavy atom. The molecular weight excluding hydrogens is 448 g/mol. The average molecular weight is 479 g/mol. The number of nitrogens with zero attached hydrogens (tertiary/aromatic N) is 8. The number of aromatic nitrogens is 7. The van der Waals surface area contributed by atoms with Crippen LogP contribution in [0.3, 0.4) is 0 Å². The van der Waals surface area contributed by atoms with Gasteiger partial charge in [0.05, 0.1) is 36.3 Å². The maximum Gasteiger partial charge on any atom is 0.136 e. The summed E-state index contributed by atoms with van der Waals surface area (Å²) in [5.41, 5.74) is 8.80. The number of hydrogen-bond donors (Lipinski definition) is 0. The molecule has 1 aliphatic carbocycles. The fraction of sp³-hybridized carbons (Fsp3) is 0.357. The van der Waals surface area contributed by atoms with Crippen molar-refractivity contribution in [3.05, 3.63) is 72.7 Å². The van der Waals surface area contributed by atoms with Crippen LogP contribution in [0.25, 0.3) is 33.4 Å². The fourth-order valence-electron chi connectivity index (χ4n) is 5.85. The molecule has 0 N–H and O–H groups in total. The van der Waals surface area contributed by atoms with Crippen LogP contribution in [-0.4, -0.2) is 58.0 Å². The molecule has 0 spiro atoms. The van der Waals surface area contributed by atoms with Crippen LogP contribution in [-0.2, 0) is 13.6 Å². The lowest BCUT2D eigenvalue weighted by Gasteiger charge is -2.31. The van der Waals surface area contributed by atoms with Gasteiger partial charge in [-0.05, 0) is 48.6 Å². The highest BCUT2D eigenvalue weighted by molar-refractivity contribution is 5.79. The zero-order valence-electron chi connectivity index (χ0n) is 20.6. The molecule has 0 unspecified atom stereocenters. The van der Waals surface area contributed by atoms with Gasteiger partial charge in [-0.15, -0.1) is 0 Å². The second-order valence-corrected chi connectivity index (χ2v) is 10.1. The number of fused-ring (bicyclic) bond motifs is 2. The molecule has 5 aromatic heterocycles. The van der Waals surface area contributed by atoms with E-state index in [9.17, 15) is 0 Å². The van der Waals surface area contributed by atoms with E-state index in [1.54, 1.807) is 0 Å². The van der Waals surface area contributed by atoms with Crippen LogP contribution in [0.5, 0.6) is 0 Å². The largest absolute Gasteiger partial charge is 0.302 e. The minimum atomic E-state index is 0.626. The molecule has 5 aromatic rings. The third-order valence-electron chi connectivity index (χ3n) is 7.88. The summed E-state index contributed by atoms with van der Waals surface area (Å²) < 4.78 is 6.01. The third kappa shape index (κ3) is 3.82. The Kier molecular flexibility index (Phi) is 5.20. The van der Waals surface area contributed by atoms with E-state index in [1.165, 1.54) is 36.8 Å². The topological polar surface area (TPSA) is 69.1 Å². The lowest BCUT2D eigenvalue weighted by Crippen LogP contribution is -2.36. The summed E-state index contributed by atoms with van der Waals surface area (Å²) in [7, 11) is 1.94. The zero-order chi connectivity index (χ0) is 24.1. The molecule has 0 atom stereocenters. The number of aryl methyl sites for hydroxylation is 1. The zero-order valence-corrected chi connectivity index (χ0v) is 20.6. The van der Waals surface area contributed by atoms with E-state index in [0.29, 0.717) is 6.54 Å². The van der Waals surface area contributed by atoms with Crippen molar-refractivity contribution in [3.63, 3.8) is 0 Å². The van der Waals surface area contributed by atoms with Gasteiger partial charge in [0.2, 0.25) is 0 Å². The Morgan fingerprint density at radius 1 is 0.917 bits per heavy atom. The van der Waals surface area contributed by atoms with Gasteiger partial charge in [0.15, 0.2) is 0 Å². The van der Waals surface area contributed by atoms with Crippen molar-refractivity contribution in [1.29, 1.82) is 0 Å². The fourth-order valence-corrected chi connectivity index (χ4v) is 5.85. The molecule has 1 aliphatic heterocycles.